The lowest BCUT2D eigenvalue weighted by molar-refractivity contribution is -0.138. The molecule has 0 aromatic rings. The number of carbonyl (C=O) groups is 1. The molecule has 0 saturated heterocycles. The summed E-state index contributed by atoms with van der Waals surface area (Å²) in [6.45, 7) is 6.07. The van der Waals surface area contributed by atoms with Crippen LogP contribution in [0.4, 0.5) is 0 Å². The van der Waals surface area contributed by atoms with Gasteiger partial charge in [-0.3, -0.25) is 4.79 Å². The number of aliphatic hydroxyl groups excluding tert-OH is 1. The summed E-state index contributed by atoms with van der Waals surface area (Å²) >= 11 is 0. The van der Waals surface area contributed by atoms with Gasteiger partial charge in [-0.2, -0.15) is 0 Å². The Kier molecular flexibility index (Phi) is 8.52. The fraction of sp³-hybridized carbons (Fsp3) is 0.800. The first kappa shape index (κ1) is 26.0. The highest BCUT2D eigenvalue weighted by molar-refractivity contribution is 5.95. The van der Waals surface area contributed by atoms with Crippen molar-refractivity contribution in [3.8, 4) is 0 Å². The molecule has 0 unspecified atom stereocenters. The van der Waals surface area contributed by atoms with Gasteiger partial charge in [0.15, 0.2) is 17.5 Å². The van der Waals surface area contributed by atoms with E-state index in [-0.39, 0.29) is 30.6 Å². The molecule has 3 aliphatic carbocycles. The molecule has 5 rings (SSSR count). The van der Waals surface area contributed by atoms with E-state index in [1.807, 2.05) is 11.0 Å². The number of hydrogen-bond acceptors (Lipinski definition) is 5. The number of nitrogens with zero attached hydrogens (tertiary/aromatic N) is 2. The zero-order chi connectivity index (χ0) is 25.0. The van der Waals surface area contributed by atoms with E-state index < -0.39 is 5.54 Å². The van der Waals surface area contributed by atoms with E-state index in [0.717, 1.165) is 50.8 Å². The molecule has 0 aromatic heterocycles. The molecule has 2 aliphatic heterocycles. The maximum atomic E-state index is 14.4. The Hall–Kier alpha value is -1.66. The van der Waals surface area contributed by atoms with Gasteiger partial charge in [0.25, 0.3) is 5.91 Å². The highest BCUT2D eigenvalue weighted by Crippen LogP contribution is 2.48. The number of aliphatic hydroxyl groups is 1. The maximum Gasteiger partial charge on any atom is 0.255 e. The third-order valence-corrected chi connectivity index (χ3v) is 9.32. The zero-order valence-corrected chi connectivity index (χ0v) is 22.1. The van der Waals surface area contributed by atoms with Crippen molar-refractivity contribution in [3.05, 3.63) is 23.8 Å². The van der Waals surface area contributed by atoms with Crippen LogP contribution in [0.3, 0.4) is 0 Å². The zero-order valence-electron chi connectivity index (χ0n) is 22.1. The fourth-order valence-electron chi connectivity index (χ4n) is 7.44. The van der Waals surface area contributed by atoms with Crippen molar-refractivity contribution in [2.24, 2.45) is 16.8 Å². The van der Waals surface area contributed by atoms with Crippen molar-refractivity contribution in [3.63, 3.8) is 0 Å². The predicted octanol–water partition coefficient (Wildman–Crippen LogP) is 5.35. The summed E-state index contributed by atoms with van der Waals surface area (Å²) in [6, 6.07) is 0. The van der Waals surface area contributed by atoms with Gasteiger partial charge in [-0.25, -0.2) is 4.99 Å². The van der Waals surface area contributed by atoms with Gasteiger partial charge in [0.2, 0.25) is 0 Å². The first-order valence-corrected chi connectivity index (χ1v) is 14.7. The van der Waals surface area contributed by atoms with Crippen molar-refractivity contribution in [1.82, 2.24) is 4.90 Å². The molecular weight excluding hydrogens is 452 g/mol. The molecular formula is C30H46N2O4. The monoisotopic (exact) mass is 498 g/mol. The summed E-state index contributed by atoms with van der Waals surface area (Å²) < 4.78 is 12.9. The minimum Gasteiger partial charge on any atom is -0.470 e. The number of aliphatic imine (C=N–C) groups is 1. The standard InChI is InChI=1S/C30H46N2O4/c1-2-17-32-21-24-11-6-7-12-26(24)27-30(29(32)34,20-22-9-4-3-5-10-22)31-28(36-27)23-13-15-25(16-14-23)35-19-8-18-33/h2,22-23,25,27,33H,1,3-21H2/t23?,25?,27-,30-/m1/s1. The van der Waals surface area contributed by atoms with Crippen LogP contribution in [0, 0.1) is 11.8 Å². The molecule has 2 heterocycles. The Morgan fingerprint density at radius 3 is 2.61 bits per heavy atom. The number of amides is 1. The quantitative estimate of drug-likeness (QED) is 0.344. The normalized spacial score (nSPS) is 33.5. The van der Waals surface area contributed by atoms with Crippen molar-refractivity contribution in [2.75, 3.05) is 26.3 Å². The van der Waals surface area contributed by atoms with E-state index in [1.54, 1.807) is 0 Å². The second-order valence-corrected chi connectivity index (χ2v) is 11.8. The molecule has 200 valence electrons. The van der Waals surface area contributed by atoms with Gasteiger partial charge >= 0.3 is 0 Å². The number of hydrogen-bond donors (Lipinski definition) is 1. The first-order valence-electron chi connectivity index (χ1n) is 14.7. The Bertz CT molecular complexity index is 853. The predicted molar refractivity (Wildman–Crippen MR) is 142 cm³/mol. The highest BCUT2D eigenvalue weighted by Gasteiger charge is 2.58. The second-order valence-electron chi connectivity index (χ2n) is 11.8. The SMILES string of the molecule is C=CCN1CC2=C(CCCC2)[C@H]2OC(C3CCC(OCCCO)CC3)=N[C@@]2(CC2CCCCC2)C1=O. The molecule has 2 saturated carbocycles. The molecule has 36 heavy (non-hydrogen) atoms. The first-order chi connectivity index (χ1) is 17.6. The topological polar surface area (TPSA) is 71.4 Å². The minimum absolute atomic E-state index is 0.170. The fourth-order valence-corrected chi connectivity index (χ4v) is 7.44. The van der Waals surface area contributed by atoms with Gasteiger partial charge < -0.3 is 19.5 Å². The van der Waals surface area contributed by atoms with E-state index >= 15 is 0 Å². The van der Waals surface area contributed by atoms with Gasteiger partial charge in [0.05, 0.1) is 6.10 Å². The van der Waals surface area contributed by atoms with E-state index in [2.05, 4.69) is 6.58 Å². The van der Waals surface area contributed by atoms with Crippen molar-refractivity contribution in [1.29, 1.82) is 0 Å². The molecule has 0 spiro atoms. The largest absolute Gasteiger partial charge is 0.470 e. The van der Waals surface area contributed by atoms with Crippen LogP contribution in [-0.4, -0.2) is 65.9 Å². The van der Waals surface area contributed by atoms with E-state index in [9.17, 15) is 4.79 Å². The maximum absolute atomic E-state index is 14.4. The van der Waals surface area contributed by atoms with Crippen molar-refractivity contribution < 1.29 is 19.4 Å². The molecule has 2 fully saturated rings. The number of carbonyl (C=O) groups excluding carboxylic acids is 1. The molecule has 0 bridgehead atoms. The molecule has 2 atom stereocenters. The highest BCUT2D eigenvalue weighted by atomic mass is 16.5. The minimum atomic E-state index is -0.802. The summed E-state index contributed by atoms with van der Waals surface area (Å²) in [5.74, 6) is 1.83. The summed E-state index contributed by atoms with van der Waals surface area (Å²) in [4.78, 5) is 21.8. The van der Waals surface area contributed by atoms with Crippen LogP contribution in [0.15, 0.2) is 28.8 Å². The lowest BCUT2D eigenvalue weighted by atomic mass is 9.73. The Labute approximate surface area is 217 Å². The van der Waals surface area contributed by atoms with Gasteiger partial charge in [0.1, 0.15) is 0 Å². The molecule has 6 nitrogen and oxygen atoms in total. The summed E-state index contributed by atoms with van der Waals surface area (Å²) in [7, 11) is 0. The summed E-state index contributed by atoms with van der Waals surface area (Å²) in [5, 5.41) is 9.05. The van der Waals surface area contributed by atoms with Gasteiger partial charge in [-0.05, 0) is 81.3 Å². The van der Waals surface area contributed by atoms with Crippen LogP contribution in [0.5, 0.6) is 0 Å². The molecule has 6 heteroatoms. The van der Waals surface area contributed by atoms with Crippen molar-refractivity contribution in [2.45, 2.75) is 114 Å². The number of ether oxygens (including phenoxy) is 2. The van der Waals surface area contributed by atoms with Crippen LogP contribution in [0.2, 0.25) is 0 Å². The number of fused-ring (bicyclic) bond motifs is 2. The molecule has 1 amide bonds. The van der Waals surface area contributed by atoms with E-state index in [1.165, 1.54) is 56.1 Å². The van der Waals surface area contributed by atoms with Gasteiger partial charge in [-0.15, -0.1) is 6.58 Å². The van der Waals surface area contributed by atoms with Crippen molar-refractivity contribution >= 4 is 11.8 Å². The van der Waals surface area contributed by atoms with Crippen LogP contribution in [-0.2, 0) is 14.3 Å². The average molecular weight is 499 g/mol. The molecule has 0 aromatic carbocycles. The van der Waals surface area contributed by atoms with E-state index in [4.69, 9.17) is 19.6 Å². The van der Waals surface area contributed by atoms with Gasteiger partial charge in [0, 0.05) is 32.2 Å². The average Bonchev–Trinajstić information content (AvgIpc) is 3.26. The van der Waals surface area contributed by atoms with Crippen LogP contribution in [0.25, 0.3) is 0 Å². The Morgan fingerprint density at radius 1 is 1.08 bits per heavy atom. The third-order valence-electron chi connectivity index (χ3n) is 9.32. The smallest absolute Gasteiger partial charge is 0.255 e. The molecule has 1 N–H and O–H groups in total. The third kappa shape index (κ3) is 5.31. The van der Waals surface area contributed by atoms with Crippen LogP contribution >= 0.6 is 0 Å². The summed E-state index contributed by atoms with van der Waals surface area (Å²) in [5.41, 5.74) is 2.00. The van der Waals surface area contributed by atoms with Crippen LogP contribution < -0.4 is 0 Å². The molecule has 0 radical (unpaired) electrons. The van der Waals surface area contributed by atoms with Gasteiger partial charge in [-0.1, -0.05) is 38.2 Å². The van der Waals surface area contributed by atoms with Crippen LogP contribution in [0.1, 0.15) is 96.3 Å². The lowest BCUT2D eigenvalue weighted by Crippen LogP contribution is -2.53. The second kappa shape index (κ2) is 11.8. The number of rotatable bonds is 9. The molecule has 5 aliphatic rings. The van der Waals surface area contributed by atoms with E-state index in [0.29, 0.717) is 32.0 Å². The Morgan fingerprint density at radius 2 is 1.86 bits per heavy atom. The Balaban J connectivity index is 1.43. The lowest BCUT2D eigenvalue weighted by Gasteiger charge is -2.36. The summed E-state index contributed by atoms with van der Waals surface area (Å²) in [6.07, 6.45) is 18.1.